The standard InChI is InChI=1S/C51H32N4S/c1-3-13-34(14-4-1)40-21-12-22-44-43-30-29-39(32-47(43)56-48(40)44)38-18-11-17-37(31-38)33-25-27-36(28-26-33)50-52-49(35-15-5-2-6-16-35)53-51(54-50)55-45-23-9-7-19-41(45)42-20-8-10-24-46(42)55/h1-32H. The molecule has 0 saturated heterocycles. The monoisotopic (exact) mass is 732 g/mol. The van der Waals surface area contributed by atoms with Gasteiger partial charge in [0.25, 0.3) is 0 Å². The number of thiophene rings is 1. The van der Waals surface area contributed by atoms with Gasteiger partial charge in [0.1, 0.15) is 0 Å². The van der Waals surface area contributed by atoms with Crippen molar-refractivity contribution in [3.63, 3.8) is 0 Å². The number of para-hydroxylation sites is 2. The van der Waals surface area contributed by atoms with Gasteiger partial charge in [-0.1, -0.05) is 170 Å². The minimum atomic E-state index is 0.593. The molecule has 3 heterocycles. The van der Waals surface area contributed by atoms with Crippen LogP contribution in [0.2, 0.25) is 0 Å². The highest BCUT2D eigenvalue weighted by Gasteiger charge is 2.18. The number of benzene rings is 8. The average Bonchev–Trinajstić information content (AvgIpc) is 3.83. The fourth-order valence-corrected chi connectivity index (χ4v) is 9.24. The van der Waals surface area contributed by atoms with Crippen LogP contribution in [0, 0.1) is 0 Å². The minimum Gasteiger partial charge on any atom is -0.278 e. The van der Waals surface area contributed by atoms with Gasteiger partial charge in [0, 0.05) is 42.1 Å². The maximum atomic E-state index is 5.13. The van der Waals surface area contributed by atoms with Crippen LogP contribution in [0.5, 0.6) is 0 Å². The average molecular weight is 733 g/mol. The van der Waals surface area contributed by atoms with E-state index in [-0.39, 0.29) is 0 Å². The second-order valence-electron chi connectivity index (χ2n) is 14.0. The second kappa shape index (κ2) is 13.3. The third-order valence-electron chi connectivity index (χ3n) is 10.7. The van der Waals surface area contributed by atoms with Gasteiger partial charge >= 0.3 is 0 Å². The summed E-state index contributed by atoms with van der Waals surface area (Å²) >= 11 is 1.87. The van der Waals surface area contributed by atoms with Crippen molar-refractivity contribution in [1.82, 2.24) is 19.5 Å². The molecular weight excluding hydrogens is 701 g/mol. The van der Waals surface area contributed by atoms with Crippen LogP contribution < -0.4 is 0 Å². The molecular formula is C51H32N4S. The van der Waals surface area contributed by atoms with Gasteiger partial charge in [-0.2, -0.15) is 9.97 Å². The van der Waals surface area contributed by atoms with Crippen LogP contribution in [-0.4, -0.2) is 19.5 Å². The molecule has 0 bridgehead atoms. The van der Waals surface area contributed by atoms with Crippen LogP contribution in [0.25, 0.3) is 104 Å². The summed E-state index contributed by atoms with van der Waals surface area (Å²) in [6.07, 6.45) is 0. The van der Waals surface area contributed by atoms with Gasteiger partial charge in [-0.25, -0.2) is 4.98 Å². The Kier molecular flexibility index (Phi) is 7.64. The molecule has 0 aliphatic carbocycles. The van der Waals surface area contributed by atoms with Crippen LogP contribution >= 0.6 is 11.3 Å². The van der Waals surface area contributed by atoms with Crippen molar-refractivity contribution >= 4 is 53.3 Å². The van der Waals surface area contributed by atoms with E-state index in [2.05, 4.69) is 168 Å². The Labute approximate surface area is 327 Å². The van der Waals surface area contributed by atoms with E-state index in [4.69, 9.17) is 15.0 Å². The van der Waals surface area contributed by atoms with Gasteiger partial charge in [-0.05, 0) is 57.6 Å². The molecule has 8 aromatic carbocycles. The molecule has 56 heavy (non-hydrogen) atoms. The Balaban J connectivity index is 0.965. The fourth-order valence-electron chi connectivity index (χ4n) is 7.96. The van der Waals surface area contributed by atoms with E-state index >= 15 is 0 Å². The van der Waals surface area contributed by atoms with Crippen molar-refractivity contribution in [2.45, 2.75) is 0 Å². The molecule has 0 spiro atoms. The highest BCUT2D eigenvalue weighted by molar-refractivity contribution is 7.26. The predicted octanol–water partition coefficient (Wildman–Crippen LogP) is 13.7. The van der Waals surface area contributed by atoms with Gasteiger partial charge in [0.05, 0.1) is 11.0 Å². The van der Waals surface area contributed by atoms with E-state index in [1.165, 1.54) is 53.2 Å². The molecule has 0 amide bonds. The molecule has 5 heteroatoms. The predicted molar refractivity (Wildman–Crippen MR) is 234 cm³/mol. The fraction of sp³-hybridized carbons (Fsp3) is 0. The Hall–Kier alpha value is -7.21. The van der Waals surface area contributed by atoms with E-state index in [0.29, 0.717) is 17.6 Å². The van der Waals surface area contributed by atoms with Crippen molar-refractivity contribution in [3.05, 3.63) is 194 Å². The Morgan fingerprint density at radius 1 is 0.339 bits per heavy atom. The first-order valence-corrected chi connectivity index (χ1v) is 19.6. The van der Waals surface area contributed by atoms with E-state index in [9.17, 15) is 0 Å². The normalized spacial score (nSPS) is 11.6. The molecule has 262 valence electrons. The third kappa shape index (κ3) is 5.48. The number of fused-ring (bicyclic) bond motifs is 6. The summed E-state index contributed by atoms with van der Waals surface area (Å²) in [5.74, 6) is 1.86. The first kappa shape index (κ1) is 32.2. The number of nitrogens with zero attached hydrogens (tertiary/aromatic N) is 4. The maximum absolute atomic E-state index is 5.13. The molecule has 0 fully saturated rings. The molecule has 0 atom stereocenters. The van der Waals surface area contributed by atoms with Crippen LogP contribution in [0.15, 0.2) is 194 Å². The summed E-state index contributed by atoms with van der Waals surface area (Å²) in [6, 6.07) is 68.6. The molecule has 0 saturated carbocycles. The molecule has 0 unspecified atom stereocenters. The number of hydrogen-bond donors (Lipinski definition) is 0. The zero-order valence-electron chi connectivity index (χ0n) is 30.2. The lowest BCUT2D eigenvalue weighted by molar-refractivity contribution is 0.953. The van der Waals surface area contributed by atoms with Gasteiger partial charge in [-0.15, -0.1) is 11.3 Å². The molecule has 3 aromatic heterocycles. The van der Waals surface area contributed by atoms with Gasteiger partial charge < -0.3 is 0 Å². The molecule has 11 aromatic rings. The molecule has 0 aliphatic rings. The third-order valence-corrected chi connectivity index (χ3v) is 11.9. The lowest BCUT2D eigenvalue weighted by atomic mass is 9.97. The highest BCUT2D eigenvalue weighted by atomic mass is 32.1. The summed E-state index contributed by atoms with van der Waals surface area (Å²) < 4.78 is 4.78. The Morgan fingerprint density at radius 3 is 1.54 bits per heavy atom. The zero-order chi connectivity index (χ0) is 37.0. The summed E-state index contributed by atoms with van der Waals surface area (Å²) in [5, 5.41) is 4.94. The van der Waals surface area contributed by atoms with Crippen molar-refractivity contribution in [2.24, 2.45) is 0 Å². The van der Waals surface area contributed by atoms with E-state index in [0.717, 1.165) is 33.3 Å². The SMILES string of the molecule is c1ccc(-c2nc(-c3ccc(-c4cccc(-c5ccc6c(c5)sc5c(-c7ccccc7)cccc56)c4)cc3)nc(-n3c4ccccc4c4ccccc43)n2)cc1. The Bertz CT molecular complexity index is 3180. The largest absolute Gasteiger partial charge is 0.278 e. The van der Waals surface area contributed by atoms with E-state index in [1.54, 1.807) is 0 Å². The summed E-state index contributed by atoms with van der Waals surface area (Å²) in [6.45, 7) is 0. The maximum Gasteiger partial charge on any atom is 0.238 e. The highest BCUT2D eigenvalue weighted by Crippen LogP contribution is 2.42. The Morgan fingerprint density at radius 2 is 0.839 bits per heavy atom. The number of hydrogen-bond acceptors (Lipinski definition) is 4. The minimum absolute atomic E-state index is 0.593. The van der Waals surface area contributed by atoms with Crippen LogP contribution in [0.4, 0.5) is 0 Å². The van der Waals surface area contributed by atoms with Gasteiger partial charge in [-0.3, -0.25) is 4.57 Å². The molecule has 11 rings (SSSR count). The molecule has 0 aliphatic heterocycles. The van der Waals surface area contributed by atoms with Crippen molar-refractivity contribution in [1.29, 1.82) is 0 Å². The lowest BCUT2D eigenvalue weighted by Gasteiger charge is -2.11. The first-order valence-electron chi connectivity index (χ1n) is 18.8. The van der Waals surface area contributed by atoms with Crippen molar-refractivity contribution < 1.29 is 0 Å². The van der Waals surface area contributed by atoms with Gasteiger partial charge in [0.15, 0.2) is 11.6 Å². The molecule has 4 nitrogen and oxygen atoms in total. The number of aromatic nitrogens is 4. The quantitative estimate of drug-likeness (QED) is 0.171. The van der Waals surface area contributed by atoms with Crippen molar-refractivity contribution in [3.8, 4) is 62.1 Å². The molecule has 0 radical (unpaired) electrons. The number of rotatable bonds is 6. The zero-order valence-corrected chi connectivity index (χ0v) is 31.0. The van der Waals surface area contributed by atoms with Crippen LogP contribution in [-0.2, 0) is 0 Å². The van der Waals surface area contributed by atoms with Crippen LogP contribution in [0.3, 0.4) is 0 Å². The lowest BCUT2D eigenvalue weighted by Crippen LogP contribution is -2.06. The van der Waals surface area contributed by atoms with Crippen LogP contribution in [0.1, 0.15) is 0 Å². The molecule has 0 N–H and O–H groups in total. The first-order chi connectivity index (χ1) is 27.7. The summed E-state index contributed by atoms with van der Waals surface area (Å²) in [4.78, 5) is 15.2. The van der Waals surface area contributed by atoms with Gasteiger partial charge in [0.2, 0.25) is 5.95 Å². The van der Waals surface area contributed by atoms with E-state index < -0.39 is 0 Å². The topological polar surface area (TPSA) is 43.6 Å². The smallest absolute Gasteiger partial charge is 0.238 e. The summed E-state index contributed by atoms with van der Waals surface area (Å²) in [5.41, 5.74) is 11.2. The second-order valence-corrected chi connectivity index (χ2v) is 15.1. The summed E-state index contributed by atoms with van der Waals surface area (Å²) in [7, 11) is 0. The van der Waals surface area contributed by atoms with Crippen molar-refractivity contribution in [2.75, 3.05) is 0 Å². The van der Waals surface area contributed by atoms with E-state index in [1.807, 2.05) is 41.7 Å².